The summed E-state index contributed by atoms with van der Waals surface area (Å²) in [5.41, 5.74) is 2.91. The quantitative estimate of drug-likeness (QED) is 0.561. The van der Waals surface area contributed by atoms with Crippen LogP contribution in [0.25, 0.3) is 0 Å². The van der Waals surface area contributed by atoms with Crippen molar-refractivity contribution >= 4 is 5.97 Å². The zero-order valence-electron chi connectivity index (χ0n) is 17.9. The van der Waals surface area contributed by atoms with Crippen LogP contribution >= 0.6 is 0 Å². The highest BCUT2D eigenvalue weighted by atomic mass is 16.7. The zero-order valence-corrected chi connectivity index (χ0v) is 17.9. The van der Waals surface area contributed by atoms with Crippen LogP contribution in [0.1, 0.15) is 73.1 Å². The predicted octanol–water partition coefficient (Wildman–Crippen LogP) is 3.10. The Balaban J connectivity index is 1.74. The number of aliphatic hydroxyl groups excluding tert-OH is 2. The molecule has 1 saturated carbocycles. The van der Waals surface area contributed by atoms with Gasteiger partial charge in [-0.2, -0.15) is 0 Å². The molecule has 2 fully saturated rings. The molecule has 6 atom stereocenters. The van der Waals surface area contributed by atoms with Crippen molar-refractivity contribution in [2.24, 2.45) is 11.3 Å². The van der Waals surface area contributed by atoms with Crippen molar-refractivity contribution in [3.63, 3.8) is 0 Å². The van der Waals surface area contributed by atoms with Crippen LogP contribution in [0, 0.1) is 11.3 Å². The van der Waals surface area contributed by atoms with Gasteiger partial charge in [0.2, 0.25) is 0 Å². The van der Waals surface area contributed by atoms with Gasteiger partial charge in [0, 0.05) is 6.92 Å². The van der Waals surface area contributed by atoms with E-state index in [4.69, 9.17) is 14.2 Å². The molecule has 0 aromatic heterocycles. The lowest BCUT2D eigenvalue weighted by molar-refractivity contribution is -0.307. The molecule has 0 aromatic rings. The molecule has 0 radical (unpaired) electrons. The first-order chi connectivity index (χ1) is 13.0. The average molecular weight is 397 g/mol. The highest BCUT2D eigenvalue weighted by Crippen LogP contribution is 2.53. The van der Waals surface area contributed by atoms with E-state index >= 15 is 0 Å². The fourth-order valence-electron chi connectivity index (χ4n) is 5.27. The number of rotatable bonds is 4. The number of fused-ring (bicyclic) bond motifs is 1. The first kappa shape index (κ1) is 21.8. The Morgan fingerprint density at radius 2 is 2.00 bits per heavy atom. The molecule has 1 heterocycles. The first-order valence-corrected chi connectivity index (χ1v) is 10.6. The number of carbonyl (C=O) groups excluding carboxylic acids is 1. The van der Waals surface area contributed by atoms with Crippen LogP contribution < -0.4 is 0 Å². The van der Waals surface area contributed by atoms with Crippen molar-refractivity contribution in [2.45, 2.75) is 103 Å². The standard InChI is InChI=1S/C22H36O6/c1-13-7-6-9-22(5)10-8-15(11-16(13)22)21(3,4)28-20-19(27-14(2)23)18(25)17(24)12-26-20/h15,17-20,24-25H,6-12H2,1-5H3/t15-,17-,18+,19-,20+,22-/m1/s1. The number of allylic oxidation sites excluding steroid dienone is 2. The molecule has 2 N–H and O–H groups in total. The van der Waals surface area contributed by atoms with Gasteiger partial charge in [-0.05, 0) is 70.6 Å². The molecule has 0 spiro atoms. The molecule has 0 unspecified atom stereocenters. The molecule has 28 heavy (non-hydrogen) atoms. The smallest absolute Gasteiger partial charge is 0.303 e. The fourth-order valence-corrected chi connectivity index (χ4v) is 5.27. The summed E-state index contributed by atoms with van der Waals surface area (Å²) in [5, 5.41) is 20.2. The first-order valence-electron chi connectivity index (χ1n) is 10.6. The summed E-state index contributed by atoms with van der Waals surface area (Å²) < 4.78 is 17.2. The predicted molar refractivity (Wildman–Crippen MR) is 104 cm³/mol. The SMILES string of the molecule is CC(=O)O[C@H]1[C@H](OC(C)(C)[C@@H]2CC[C@@]3(C)CCCC(C)=C3C2)OC[C@@H](O)[C@@H]1O. The van der Waals surface area contributed by atoms with E-state index in [0.717, 1.165) is 19.3 Å². The topological polar surface area (TPSA) is 85.2 Å². The third-order valence-corrected chi connectivity index (χ3v) is 7.15. The molecule has 1 saturated heterocycles. The van der Waals surface area contributed by atoms with Crippen molar-refractivity contribution in [3.8, 4) is 0 Å². The summed E-state index contributed by atoms with van der Waals surface area (Å²) in [6, 6.07) is 0. The summed E-state index contributed by atoms with van der Waals surface area (Å²) in [6.07, 6.45) is 2.68. The van der Waals surface area contributed by atoms with Gasteiger partial charge in [-0.1, -0.05) is 18.1 Å². The fraction of sp³-hybridized carbons (Fsp3) is 0.864. The molecular weight excluding hydrogens is 360 g/mol. The molecule has 3 rings (SSSR count). The Morgan fingerprint density at radius 1 is 1.29 bits per heavy atom. The van der Waals surface area contributed by atoms with Gasteiger partial charge in [-0.3, -0.25) is 4.79 Å². The Morgan fingerprint density at radius 3 is 2.68 bits per heavy atom. The minimum absolute atomic E-state index is 0.0489. The van der Waals surface area contributed by atoms with Crippen molar-refractivity contribution in [3.05, 3.63) is 11.1 Å². The van der Waals surface area contributed by atoms with E-state index in [1.807, 2.05) is 13.8 Å². The molecule has 0 bridgehead atoms. The number of esters is 1. The summed E-state index contributed by atoms with van der Waals surface area (Å²) in [5.74, 6) is -0.223. The Kier molecular flexibility index (Phi) is 6.26. The minimum atomic E-state index is -1.23. The summed E-state index contributed by atoms with van der Waals surface area (Å²) in [6.45, 7) is 9.98. The van der Waals surface area contributed by atoms with Crippen molar-refractivity contribution in [1.82, 2.24) is 0 Å². The lowest BCUT2D eigenvalue weighted by atomic mass is 9.59. The Labute approximate surface area is 168 Å². The van der Waals surface area contributed by atoms with Crippen LogP contribution in [-0.4, -0.2) is 53.0 Å². The van der Waals surface area contributed by atoms with Gasteiger partial charge in [0.05, 0.1) is 12.2 Å². The average Bonchev–Trinajstić information content (AvgIpc) is 2.60. The molecule has 2 aliphatic carbocycles. The second-order valence-corrected chi connectivity index (χ2v) is 9.67. The van der Waals surface area contributed by atoms with Gasteiger partial charge >= 0.3 is 5.97 Å². The van der Waals surface area contributed by atoms with Gasteiger partial charge in [0.25, 0.3) is 0 Å². The van der Waals surface area contributed by atoms with Crippen LogP contribution in [0.2, 0.25) is 0 Å². The Bertz CT molecular complexity index is 627. The van der Waals surface area contributed by atoms with Crippen LogP contribution in [0.4, 0.5) is 0 Å². The molecule has 160 valence electrons. The van der Waals surface area contributed by atoms with E-state index in [-0.39, 0.29) is 6.61 Å². The monoisotopic (exact) mass is 396 g/mol. The number of hydrogen-bond donors (Lipinski definition) is 2. The van der Waals surface area contributed by atoms with Crippen molar-refractivity contribution < 1.29 is 29.2 Å². The largest absolute Gasteiger partial charge is 0.454 e. The van der Waals surface area contributed by atoms with E-state index in [9.17, 15) is 15.0 Å². The maximum Gasteiger partial charge on any atom is 0.303 e. The number of carbonyl (C=O) groups is 1. The highest BCUT2D eigenvalue weighted by molar-refractivity contribution is 5.66. The van der Waals surface area contributed by atoms with E-state index in [1.165, 1.54) is 31.8 Å². The van der Waals surface area contributed by atoms with Crippen LogP contribution in [0.3, 0.4) is 0 Å². The summed E-state index contributed by atoms with van der Waals surface area (Å²) >= 11 is 0. The van der Waals surface area contributed by atoms with Gasteiger partial charge in [-0.25, -0.2) is 0 Å². The van der Waals surface area contributed by atoms with Crippen LogP contribution in [0.5, 0.6) is 0 Å². The molecule has 0 amide bonds. The number of ether oxygens (including phenoxy) is 3. The van der Waals surface area contributed by atoms with Gasteiger partial charge in [0.1, 0.15) is 12.2 Å². The highest BCUT2D eigenvalue weighted by Gasteiger charge is 2.48. The maximum atomic E-state index is 11.5. The molecule has 6 nitrogen and oxygen atoms in total. The zero-order chi connectivity index (χ0) is 20.7. The van der Waals surface area contributed by atoms with E-state index < -0.39 is 36.2 Å². The van der Waals surface area contributed by atoms with Crippen molar-refractivity contribution in [1.29, 1.82) is 0 Å². The molecule has 0 aromatic carbocycles. The lowest BCUT2D eigenvalue weighted by Gasteiger charge is -2.49. The Hall–Kier alpha value is -0.950. The molecule has 3 aliphatic rings. The van der Waals surface area contributed by atoms with E-state index in [2.05, 4.69) is 13.8 Å². The molecule has 6 heteroatoms. The number of aliphatic hydroxyl groups is 2. The van der Waals surface area contributed by atoms with Crippen LogP contribution in [0.15, 0.2) is 11.1 Å². The number of hydrogen-bond acceptors (Lipinski definition) is 6. The van der Waals surface area contributed by atoms with E-state index in [0.29, 0.717) is 11.3 Å². The maximum absolute atomic E-state index is 11.5. The van der Waals surface area contributed by atoms with Gasteiger partial charge < -0.3 is 24.4 Å². The van der Waals surface area contributed by atoms with E-state index in [1.54, 1.807) is 5.57 Å². The second-order valence-electron chi connectivity index (χ2n) is 9.67. The molecular formula is C22H36O6. The molecule has 1 aliphatic heterocycles. The summed E-state index contributed by atoms with van der Waals surface area (Å²) in [7, 11) is 0. The summed E-state index contributed by atoms with van der Waals surface area (Å²) in [4.78, 5) is 11.5. The van der Waals surface area contributed by atoms with Crippen molar-refractivity contribution in [2.75, 3.05) is 6.61 Å². The van der Waals surface area contributed by atoms with Crippen LogP contribution in [-0.2, 0) is 19.0 Å². The second kappa shape index (κ2) is 8.05. The van der Waals surface area contributed by atoms with Gasteiger partial charge in [0.15, 0.2) is 12.4 Å². The third kappa shape index (κ3) is 4.30. The van der Waals surface area contributed by atoms with Gasteiger partial charge in [-0.15, -0.1) is 0 Å². The normalized spacial score (nSPS) is 39.5. The third-order valence-electron chi connectivity index (χ3n) is 7.15. The lowest BCUT2D eigenvalue weighted by Crippen LogP contribution is -2.58. The minimum Gasteiger partial charge on any atom is -0.454 e.